The Morgan fingerprint density at radius 2 is 1.82 bits per heavy atom. The molecule has 2 rings (SSSR count). The van der Waals surface area contributed by atoms with Crippen LogP contribution in [-0.2, 0) is 14.3 Å². The first-order valence-corrected chi connectivity index (χ1v) is 7.70. The van der Waals surface area contributed by atoms with Gasteiger partial charge in [0.1, 0.15) is 5.54 Å². The van der Waals surface area contributed by atoms with Crippen LogP contribution in [0.15, 0.2) is 30.3 Å². The minimum absolute atomic E-state index is 0.0545. The molecule has 0 aliphatic carbocycles. The highest BCUT2D eigenvalue weighted by atomic mass is 16.5. The van der Waals surface area contributed by atoms with Gasteiger partial charge in [0.15, 0.2) is 0 Å². The zero-order valence-corrected chi connectivity index (χ0v) is 13.5. The number of para-hydroxylation sites is 1. The second kappa shape index (κ2) is 6.92. The molecule has 1 aromatic carbocycles. The fourth-order valence-corrected chi connectivity index (χ4v) is 3.06. The third kappa shape index (κ3) is 2.99. The van der Waals surface area contributed by atoms with Crippen molar-refractivity contribution in [3.8, 4) is 0 Å². The van der Waals surface area contributed by atoms with E-state index in [9.17, 15) is 9.59 Å². The van der Waals surface area contributed by atoms with Crippen molar-refractivity contribution in [1.29, 1.82) is 0 Å². The van der Waals surface area contributed by atoms with Gasteiger partial charge in [-0.15, -0.1) is 0 Å². The van der Waals surface area contributed by atoms with Gasteiger partial charge < -0.3 is 9.64 Å². The maximum Gasteiger partial charge on any atom is 0.332 e. The summed E-state index contributed by atoms with van der Waals surface area (Å²) < 4.78 is 5.07. The Morgan fingerprint density at radius 1 is 1.23 bits per heavy atom. The number of anilines is 1. The van der Waals surface area contributed by atoms with Crippen molar-refractivity contribution < 1.29 is 14.3 Å². The first-order chi connectivity index (χ1) is 10.5. The molecule has 0 bridgehead atoms. The number of methoxy groups -OCH3 is 1. The summed E-state index contributed by atoms with van der Waals surface area (Å²) in [6.07, 6.45) is 1.51. The number of carbonyl (C=O) groups is 2. The number of piperidine rings is 1. The minimum atomic E-state index is -0.907. The maximum atomic E-state index is 12.6. The van der Waals surface area contributed by atoms with E-state index in [2.05, 4.69) is 4.90 Å². The van der Waals surface area contributed by atoms with Gasteiger partial charge in [0.25, 0.3) is 0 Å². The Kier molecular flexibility index (Phi) is 5.19. The number of esters is 1. The highest BCUT2D eigenvalue weighted by Crippen LogP contribution is 2.34. The van der Waals surface area contributed by atoms with Gasteiger partial charge in [0, 0.05) is 25.2 Å². The average molecular weight is 304 g/mol. The van der Waals surface area contributed by atoms with E-state index in [0.29, 0.717) is 19.3 Å². The average Bonchev–Trinajstić information content (AvgIpc) is 2.57. The second-order valence-corrected chi connectivity index (χ2v) is 5.74. The van der Waals surface area contributed by atoms with E-state index in [1.54, 1.807) is 4.90 Å². The smallest absolute Gasteiger partial charge is 0.332 e. The molecule has 1 heterocycles. The van der Waals surface area contributed by atoms with Crippen LogP contribution in [0.3, 0.4) is 0 Å². The van der Waals surface area contributed by atoms with Crippen LogP contribution < -0.4 is 4.90 Å². The molecule has 1 fully saturated rings. The summed E-state index contributed by atoms with van der Waals surface area (Å²) in [7, 11) is 3.41. The van der Waals surface area contributed by atoms with Crippen LogP contribution in [-0.4, -0.2) is 49.6 Å². The molecule has 1 aliphatic heterocycles. The lowest BCUT2D eigenvalue weighted by molar-refractivity contribution is -0.150. The Hall–Kier alpha value is -1.88. The Morgan fingerprint density at radius 3 is 2.32 bits per heavy atom. The lowest BCUT2D eigenvalue weighted by Crippen LogP contribution is -2.62. The van der Waals surface area contributed by atoms with Crippen molar-refractivity contribution >= 4 is 17.6 Å². The summed E-state index contributed by atoms with van der Waals surface area (Å²) in [4.78, 5) is 29.0. The quantitative estimate of drug-likeness (QED) is 0.799. The van der Waals surface area contributed by atoms with Crippen molar-refractivity contribution in [3.05, 3.63) is 30.3 Å². The first kappa shape index (κ1) is 16.5. The molecule has 0 aromatic heterocycles. The van der Waals surface area contributed by atoms with Gasteiger partial charge in [-0.2, -0.15) is 0 Å². The van der Waals surface area contributed by atoms with E-state index in [1.165, 1.54) is 7.11 Å². The summed E-state index contributed by atoms with van der Waals surface area (Å²) in [5, 5.41) is 0. The monoisotopic (exact) mass is 304 g/mol. The summed E-state index contributed by atoms with van der Waals surface area (Å²) in [5.41, 5.74) is -0.153. The summed E-state index contributed by atoms with van der Waals surface area (Å²) in [6, 6.07) is 9.40. The summed E-state index contributed by atoms with van der Waals surface area (Å²) >= 11 is 0. The van der Waals surface area contributed by atoms with E-state index in [0.717, 1.165) is 18.8 Å². The number of benzene rings is 1. The van der Waals surface area contributed by atoms with Crippen LogP contribution in [0.2, 0.25) is 0 Å². The number of nitrogens with zero attached hydrogens (tertiary/aromatic N) is 2. The topological polar surface area (TPSA) is 49.9 Å². The molecule has 5 heteroatoms. The predicted octanol–water partition coefficient (Wildman–Crippen LogP) is 2.07. The number of hydrogen-bond donors (Lipinski definition) is 0. The second-order valence-electron chi connectivity index (χ2n) is 5.74. The van der Waals surface area contributed by atoms with Crippen molar-refractivity contribution in [3.63, 3.8) is 0 Å². The molecule has 1 saturated heterocycles. The van der Waals surface area contributed by atoms with Crippen molar-refractivity contribution in [2.24, 2.45) is 0 Å². The molecule has 5 nitrogen and oxygen atoms in total. The standard InChI is InChI=1S/C17H24N2O3/c1-4-15(20)19(14-8-6-5-7-9-14)17(16(21)22-3)10-12-18(2)13-11-17/h5-9H,4,10-13H2,1-3H3. The number of amides is 1. The molecule has 22 heavy (non-hydrogen) atoms. The molecular weight excluding hydrogens is 280 g/mol. The molecule has 1 amide bonds. The van der Waals surface area contributed by atoms with Crippen LogP contribution >= 0.6 is 0 Å². The van der Waals surface area contributed by atoms with Crippen LogP contribution in [0.4, 0.5) is 5.69 Å². The van der Waals surface area contributed by atoms with E-state index in [-0.39, 0.29) is 11.9 Å². The Balaban J connectivity index is 2.49. The summed E-state index contributed by atoms with van der Waals surface area (Å²) in [5.74, 6) is -0.382. The number of rotatable bonds is 4. The third-order valence-corrected chi connectivity index (χ3v) is 4.37. The van der Waals surface area contributed by atoms with Gasteiger partial charge in [-0.1, -0.05) is 25.1 Å². The molecule has 0 radical (unpaired) electrons. The molecule has 0 spiro atoms. The molecule has 1 aromatic rings. The van der Waals surface area contributed by atoms with E-state index in [1.807, 2.05) is 44.3 Å². The zero-order chi connectivity index (χ0) is 16.2. The SMILES string of the molecule is CCC(=O)N(c1ccccc1)C1(C(=O)OC)CCN(C)CC1. The van der Waals surface area contributed by atoms with E-state index < -0.39 is 5.54 Å². The number of ether oxygens (including phenoxy) is 1. The van der Waals surface area contributed by atoms with Crippen LogP contribution in [0.5, 0.6) is 0 Å². The third-order valence-electron chi connectivity index (χ3n) is 4.37. The molecule has 1 aliphatic rings. The lowest BCUT2D eigenvalue weighted by Gasteiger charge is -2.45. The van der Waals surface area contributed by atoms with Gasteiger partial charge in [-0.05, 0) is 32.0 Å². The highest BCUT2D eigenvalue weighted by molar-refractivity contribution is 6.02. The van der Waals surface area contributed by atoms with E-state index >= 15 is 0 Å². The lowest BCUT2D eigenvalue weighted by atomic mass is 9.84. The molecule has 0 atom stereocenters. The fourth-order valence-electron chi connectivity index (χ4n) is 3.06. The highest BCUT2D eigenvalue weighted by Gasteiger charge is 2.49. The van der Waals surface area contributed by atoms with Crippen molar-refractivity contribution in [2.45, 2.75) is 31.7 Å². The molecule has 0 N–H and O–H groups in total. The van der Waals surface area contributed by atoms with Crippen LogP contribution in [0, 0.1) is 0 Å². The minimum Gasteiger partial charge on any atom is -0.467 e. The Bertz CT molecular complexity index is 522. The zero-order valence-electron chi connectivity index (χ0n) is 13.5. The maximum absolute atomic E-state index is 12.6. The Labute approximate surface area is 131 Å². The van der Waals surface area contributed by atoms with Gasteiger partial charge in [-0.25, -0.2) is 4.79 Å². The van der Waals surface area contributed by atoms with Crippen molar-refractivity contribution in [1.82, 2.24) is 4.90 Å². The van der Waals surface area contributed by atoms with Gasteiger partial charge in [-0.3, -0.25) is 9.69 Å². The van der Waals surface area contributed by atoms with Crippen LogP contribution in [0.25, 0.3) is 0 Å². The molecule has 120 valence electrons. The van der Waals surface area contributed by atoms with Gasteiger partial charge in [0.05, 0.1) is 7.11 Å². The first-order valence-electron chi connectivity index (χ1n) is 7.70. The van der Waals surface area contributed by atoms with Gasteiger partial charge >= 0.3 is 5.97 Å². The predicted molar refractivity (Wildman–Crippen MR) is 85.7 cm³/mol. The molecular formula is C17H24N2O3. The number of carbonyl (C=O) groups excluding carboxylic acids is 2. The molecule has 0 saturated carbocycles. The fraction of sp³-hybridized carbons (Fsp3) is 0.529. The number of likely N-dealkylation sites (tertiary alicyclic amines) is 1. The number of hydrogen-bond acceptors (Lipinski definition) is 4. The largest absolute Gasteiger partial charge is 0.467 e. The van der Waals surface area contributed by atoms with E-state index in [4.69, 9.17) is 4.74 Å². The normalized spacial score (nSPS) is 17.8. The van der Waals surface area contributed by atoms with Crippen molar-refractivity contribution in [2.75, 3.05) is 32.1 Å². The molecule has 0 unspecified atom stereocenters. The van der Waals surface area contributed by atoms with Gasteiger partial charge in [0.2, 0.25) is 5.91 Å². The van der Waals surface area contributed by atoms with Crippen LogP contribution in [0.1, 0.15) is 26.2 Å². The summed E-state index contributed by atoms with van der Waals surface area (Å²) in [6.45, 7) is 3.34.